The Labute approximate surface area is 122 Å². The van der Waals surface area contributed by atoms with Gasteiger partial charge in [-0.15, -0.1) is 0 Å². The fraction of sp³-hybridized carbons (Fsp3) is 0.235. The summed E-state index contributed by atoms with van der Waals surface area (Å²) in [6, 6.07) is 9.77. The van der Waals surface area contributed by atoms with E-state index in [1.807, 2.05) is 51.1 Å². The molecular weight excluding hydrogens is 262 g/mol. The minimum Gasteiger partial charge on any atom is -0.306 e. The first-order chi connectivity index (χ1) is 10.1. The van der Waals surface area contributed by atoms with Crippen molar-refractivity contribution in [1.29, 1.82) is 0 Å². The van der Waals surface area contributed by atoms with Crippen molar-refractivity contribution >= 4 is 10.9 Å². The molecule has 0 aliphatic heterocycles. The van der Waals surface area contributed by atoms with Crippen LogP contribution in [0.1, 0.15) is 31.0 Å². The molecule has 0 saturated carbocycles. The van der Waals surface area contributed by atoms with Crippen molar-refractivity contribution in [1.82, 2.24) is 15.0 Å². The third kappa shape index (κ3) is 2.44. The Bertz CT molecular complexity index is 865. The number of benzene rings is 1. The zero-order valence-corrected chi connectivity index (χ0v) is 12.3. The first-order valence-electron chi connectivity index (χ1n) is 7.02. The van der Waals surface area contributed by atoms with Gasteiger partial charge in [0.05, 0.1) is 5.52 Å². The minimum absolute atomic E-state index is 0.0567. The summed E-state index contributed by atoms with van der Waals surface area (Å²) in [5.74, 6) is 0.767. The Morgan fingerprint density at radius 3 is 2.71 bits per heavy atom. The van der Waals surface area contributed by atoms with Crippen molar-refractivity contribution in [3.05, 3.63) is 58.1 Å². The van der Waals surface area contributed by atoms with Crippen LogP contribution in [-0.4, -0.2) is 15.0 Å². The highest BCUT2D eigenvalue weighted by Gasteiger charge is 2.12. The SMILES string of the molecule is Cc1nc(-c2ccc3ncccc3c2)[nH]c(=O)c1C(C)C. The molecule has 0 amide bonds. The standard InChI is InChI=1S/C17H17N3O/c1-10(2)15-11(3)19-16(20-17(15)21)13-6-7-14-12(9-13)5-4-8-18-14/h4-10H,1-3H3,(H,19,20,21). The van der Waals surface area contributed by atoms with Crippen LogP contribution in [0.2, 0.25) is 0 Å². The number of hydrogen-bond acceptors (Lipinski definition) is 3. The second-order valence-electron chi connectivity index (χ2n) is 5.48. The third-order valence-corrected chi connectivity index (χ3v) is 3.60. The Morgan fingerprint density at radius 1 is 1.19 bits per heavy atom. The summed E-state index contributed by atoms with van der Waals surface area (Å²) < 4.78 is 0. The average molecular weight is 279 g/mol. The van der Waals surface area contributed by atoms with Gasteiger partial charge in [-0.05, 0) is 37.1 Å². The molecule has 0 radical (unpaired) electrons. The molecule has 1 aromatic carbocycles. The van der Waals surface area contributed by atoms with Crippen LogP contribution >= 0.6 is 0 Å². The molecule has 21 heavy (non-hydrogen) atoms. The molecule has 2 heterocycles. The Kier molecular flexibility index (Phi) is 3.29. The van der Waals surface area contributed by atoms with Gasteiger partial charge < -0.3 is 4.98 Å². The Hall–Kier alpha value is -2.49. The monoisotopic (exact) mass is 279 g/mol. The average Bonchev–Trinajstić information content (AvgIpc) is 2.45. The largest absolute Gasteiger partial charge is 0.306 e. The minimum atomic E-state index is -0.0567. The van der Waals surface area contributed by atoms with E-state index in [9.17, 15) is 4.79 Å². The maximum atomic E-state index is 12.2. The number of nitrogens with one attached hydrogen (secondary N) is 1. The van der Waals surface area contributed by atoms with Crippen LogP contribution in [-0.2, 0) is 0 Å². The van der Waals surface area contributed by atoms with Crippen molar-refractivity contribution < 1.29 is 0 Å². The van der Waals surface area contributed by atoms with E-state index in [0.717, 1.165) is 27.7 Å². The van der Waals surface area contributed by atoms with Crippen LogP contribution in [0.15, 0.2) is 41.3 Å². The number of H-pyrrole nitrogens is 1. The Balaban J connectivity index is 2.17. The summed E-state index contributed by atoms with van der Waals surface area (Å²) in [6.45, 7) is 5.89. The van der Waals surface area contributed by atoms with Gasteiger partial charge >= 0.3 is 0 Å². The smallest absolute Gasteiger partial charge is 0.254 e. The van der Waals surface area contributed by atoms with Crippen molar-refractivity contribution in [2.24, 2.45) is 0 Å². The van der Waals surface area contributed by atoms with Gasteiger partial charge in [0.2, 0.25) is 0 Å². The van der Waals surface area contributed by atoms with Gasteiger partial charge in [-0.3, -0.25) is 9.78 Å². The van der Waals surface area contributed by atoms with Gasteiger partial charge in [0, 0.05) is 28.4 Å². The van der Waals surface area contributed by atoms with Crippen LogP contribution in [0.5, 0.6) is 0 Å². The molecule has 1 N–H and O–H groups in total. The molecule has 0 aliphatic carbocycles. The quantitative estimate of drug-likeness (QED) is 0.782. The molecule has 0 aliphatic rings. The maximum absolute atomic E-state index is 12.2. The van der Waals surface area contributed by atoms with Gasteiger partial charge in [-0.25, -0.2) is 4.98 Å². The van der Waals surface area contributed by atoms with Crippen molar-refractivity contribution in [3.8, 4) is 11.4 Å². The second-order valence-corrected chi connectivity index (χ2v) is 5.48. The van der Waals surface area contributed by atoms with Gasteiger partial charge in [0.25, 0.3) is 5.56 Å². The molecular formula is C17H17N3O. The summed E-state index contributed by atoms with van der Waals surface area (Å²) in [4.78, 5) is 24.0. The lowest BCUT2D eigenvalue weighted by molar-refractivity contribution is 0.815. The molecule has 4 nitrogen and oxygen atoms in total. The molecule has 0 saturated heterocycles. The summed E-state index contributed by atoms with van der Waals surface area (Å²) >= 11 is 0. The van der Waals surface area contributed by atoms with Crippen LogP contribution in [0, 0.1) is 6.92 Å². The summed E-state index contributed by atoms with van der Waals surface area (Å²) in [7, 11) is 0. The van der Waals surface area contributed by atoms with Gasteiger partial charge in [-0.1, -0.05) is 19.9 Å². The molecule has 3 aromatic rings. The van der Waals surface area contributed by atoms with E-state index in [0.29, 0.717) is 5.82 Å². The normalized spacial score (nSPS) is 11.2. The van der Waals surface area contributed by atoms with Crippen LogP contribution in [0.3, 0.4) is 0 Å². The molecule has 0 spiro atoms. The van der Waals surface area contributed by atoms with Crippen molar-refractivity contribution in [2.75, 3.05) is 0 Å². The lowest BCUT2D eigenvalue weighted by atomic mass is 10.0. The molecule has 2 aromatic heterocycles. The summed E-state index contributed by atoms with van der Waals surface area (Å²) in [5.41, 5.74) is 3.31. The highest BCUT2D eigenvalue weighted by molar-refractivity contribution is 5.83. The lowest BCUT2D eigenvalue weighted by Gasteiger charge is -2.10. The number of hydrogen-bond donors (Lipinski definition) is 1. The fourth-order valence-corrected chi connectivity index (χ4v) is 2.63. The predicted octanol–water partition coefficient (Wildman–Crippen LogP) is 3.42. The summed E-state index contributed by atoms with van der Waals surface area (Å²) in [5, 5.41) is 1.03. The molecule has 106 valence electrons. The van der Waals surface area contributed by atoms with E-state index in [1.165, 1.54) is 0 Å². The number of aryl methyl sites for hydroxylation is 1. The zero-order valence-electron chi connectivity index (χ0n) is 12.3. The van der Waals surface area contributed by atoms with E-state index in [4.69, 9.17) is 0 Å². The van der Waals surface area contributed by atoms with Gasteiger partial charge in [-0.2, -0.15) is 0 Å². The molecule has 0 atom stereocenters. The third-order valence-electron chi connectivity index (χ3n) is 3.60. The lowest BCUT2D eigenvalue weighted by Crippen LogP contribution is -2.18. The molecule has 0 fully saturated rings. The number of fused-ring (bicyclic) bond motifs is 1. The van der Waals surface area contributed by atoms with Crippen molar-refractivity contribution in [2.45, 2.75) is 26.7 Å². The number of nitrogens with zero attached hydrogens (tertiary/aromatic N) is 2. The van der Waals surface area contributed by atoms with Crippen molar-refractivity contribution in [3.63, 3.8) is 0 Å². The Morgan fingerprint density at radius 2 is 2.00 bits per heavy atom. The topological polar surface area (TPSA) is 58.6 Å². The number of pyridine rings is 1. The van der Waals surface area contributed by atoms with Crippen LogP contribution in [0.25, 0.3) is 22.3 Å². The van der Waals surface area contributed by atoms with E-state index in [2.05, 4.69) is 15.0 Å². The van der Waals surface area contributed by atoms with Gasteiger partial charge in [0.1, 0.15) is 5.82 Å². The van der Waals surface area contributed by atoms with E-state index in [1.54, 1.807) is 6.20 Å². The highest BCUT2D eigenvalue weighted by Crippen LogP contribution is 2.21. The second kappa shape index (κ2) is 5.13. The van der Waals surface area contributed by atoms with Gasteiger partial charge in [0.15, 0.2) is 0 Å². The predicted molar refractivity (Wildman–Crippen MR) is 84.4 cm³/mol. The number of aromatic nitrogens is 3. The first-order valence-corrected chi connectivity index (χ1v) is 7.02. The first kappa shape index (κ1) is 13.5. The molecule has 3 rings (SSSR count). The molecule has 0 unspecified atom stereocenters. The zero-order chi connectivity index (χ0) is 15.0. The van der Waals surface area contributed by atoms with E-state index in [-0.39, 0.29) is 11.5 Å². The maximum Gasteiger partial charge on any atom is 0.254 e. The molecule has 0 bridgehead atoms. The number of rotatable bonds is 2. The van der Waals surface area contributed by atoms with E-state index < -0.39 is 0 Å². The van der Waals surface area contributed by atoms with E-state index >= 15 is 0 Å². The summed E-state index contributed by atoms with van der Waals surface area (Å²) in [6.07, 6.45) is 1.77. The highest BCUT2D eigenvalue weighted by atomic mass is 16.1. The fourth-order valence-electron chi connectivity index (χ4n) is 2.63. The molecule has 4 heteroatoms. The number of aromatic amines is 1. The van der Waals surface area contributed by atoms with Crippen LogP contribution in [0.4, 0.5) is 0 Å². The van der Waals surface area contributed by atoms with Crippen LogP contribution < -0.4 is 5.56 Å².